The zero-order chi connectivity index (χ0) is 13.4. The van der Waals surface area contributed by atoms with Gasteiger partial charge in [0.25, 0.3) is 0 Å². The van der Waals surface area contributed by atoms with Gasteiger partial charge in [0.1, 0.15) is 5.76 Å². The number of fused-ring (bicyclic) bond motifs is 1. The Labute approximate surface area is 116 Å². The minimum atomic E-state index is 0.193. The smallest absolute Gasteiger partial charge is 0.194 e. The maximum Gasteiger partial charge on any atom is 0.194 e. The molecule has 0 radical (unpaired) electrons. The van der Waals surface area contributed by atoms with Gasteiger partial charge in [0.05, 0.1) is 23.7 Å². The Kier molecular flexibility index (Phi) is 3.16. The third kappa shape index (κ3) is 2.19. The number of hydrogen-bond acceptors (Lipinski definition) is 4. The van der Waals surface area contributed by atoms with Crippen LogP contribution in [0.4, 0.5) is 0 Å². The third-order valence-corrected chi connectivity index (χ3v) is 4.32. The minimum Gasteiger partial charge on any atom is -0.468 e. The van der Waals surface area contributed by atoms with Gasteiger partial charge in [-0.3, -0.25) is 4.40 Å². The van der Waals surface area contributed by atoms with E-state index in [-0.39, 0.29) is 6.04 Å². The standard InChI is InChI=1S/C14H17N3OS/c1-9-8-19-14-16-10(2)12(17(9)14)7-15-11(3)13-5-4-6-18-13/h4-6,8,11,15H,7H2,1-3H3/t11-/m0/s1. The Morgan fingerprint density at radius 3 is 3.05 bits per heavy atom. The molecule has 0 spiro atoms. The molecule has 0 aliphatic heterocycles. The number of aromatic nitrogens is 2. The Morgan fingerprint density at radius 1 is 1.47 bits per heavy atom. The lowest BCUT2D eigenvalue weighted by atomic mass is 10.2. The molecule has 0 bridgehead atoms. The van der Waals surface area contributed by atoms with E-state index in [2.05, 4.69) is 40.9 Å². The van der Waals surface area contributed by atoms with Gasteiger partial charge in [-0.25, -0.2) is 4.98 Å². The maximum atomic E-state index is 5.41. The van der Waals surface area contributed by atoms with E-state index >= 15 is 0 Å². The predicted molar refractivity (Wildman–Crippen MR) is 76.5 cm³/mol. The van der Waals surface area contributed by atoms with E-state index in [1.165, 1.54) is 11.4 Å². The quantitative estimate of drug-likeness (QED) is 0.793. The monoisotopic (exact) mass is 275 g/mol. The Bertz CT molecular complexity index is 681. The lowest BCUT2D eigenvalue weighted by molar-refractivity contribution is 0.428. The van der Waals surface area contributed by atoms with Gasteiger partial charge in [-0.2, -0.15) is 0 Å². The van der Waals surface area contributed by atoms with E-state index in [9.17, 15) is 0 Å². The fourth-order valence-corrected chi connectivity index (χ4v) is 3.19. The van der Waals surface area contributed by atoms with Gasteiger partial charge in [-0.15, -0.1) is 11.3 Å². The van der Waals surface area contributed by atoms with Gasteiger partial charge in [0, 0.05) is 17.6 Å². The molecule has 3 rings (SSSR count). The van der Waals surface area contributed by atoms with Crippen molar-refractivity contribution >= 4 is 16.3 Å². The second kappa shape index (κ2) is 4.83. The normalized spacial score (nSPS) is 13.2. The van der Waals surface area contributed by atoms with Crippen molar-refractivity contribution in [3.63, 3.8) is 0 Å². The SMILES string of the molecule is Cc1nc2scc(C)n2c1CN[C@@H](C)c1ccco1. The number of thiazole rings is 1. The van der Waals surface area contributed by atoms with Crippen molar-refractivity contribution < 1.29 is 4.42 Å². The summed E-state index contributed by atoms with van der Waals surface area (Å²) in [5, 5.41) is 5.63. The molecule has 3 aromatic rings. The van der Waals surface area contributed by atoms with Crippen molar-refractivity contribution in [2.24, 2.45) is 0 Å². The molecule has 0 aliphatic rings. The summed E-state index contributed by atoms with van der Waals surface area (Å²) in [6.07, 6.45) is 1.71. The molecule has 1 atom stereocenters. The second-order valence-corrected chi connectivity index (χ2v) is 5.59. The lowest BCUT2D eigenvalue weighted by Gasteiger charge is -2.11. The summed E-state index contributed by atoms with van der Waals surface area (Å²) in [4.78, 5) is 5.66. The number of nitrogens with zero attached hydrogens (tertiary/aromatic N) is 2. The van der Waals surface area contributed by atoms with Crippen LogP contribution in [0.5, 0.6) is 0 Å². The van der Waals surface area contributed by atoms with Crippen LogP contribution in [0, 0.1) is 13.8 Å². The molecule has 3 aromatic heterocycles. The average Bonchev–Trinajstić information content (AvgIpc) is 3.07. The molecule has 100 valence electrons. The van der Waals surface area contributed by atoms with Crippen LogP contribution in [0.2, 0.25) is 0 Å². The Hall–Kier alpha value is -1.59. The van der Waals surface area contributed by atoms with Crippen LogP contribution in [-0.4, -0.2) is 9.38 Å². The van der Waals surface area contributed by atoms with Crippen molar-refractivity contribution in [1.29, 1.82) is 0 Å². The minimum absolute atomic E-state index is 0.193. The van der Waals surface area contributed by atoms with Crippen molar-refractivity contribution in [2.45, 2.75) is 33.4 Å². The topological polar surface area (TPSA) is 42.5 Å². The summed E-state index contributed by atoms with van der Waals surface area (Å²) >= 11 is 1.69. The largest absolute Gasteiger partial charge is 0.468 e. The summed E-state index contributed by atoms with van der Waals surface area (Å²) in [6.45, 7) is 7.07. The molecule has 5 heteroatoms. The fraction of sp³-hybridized carbons (Fsp3) is 0.357. The maximum absolute atomic E-state index is 5.41. The van der Waals surface area contributed by atoms with Crippen LogP contribution < -0.4 is 5.32 Å². The van der Waals surface area contributed by atoms with Crippen molar-refractivity contribution in [3.05, 3.63) is 46.6 Å². The van der Waals surface area contributed by atoms with E-state index in [0.717, 1.165) is 23.0 Å². The fourth-order valence-electron chi connectivity index (χ4n) is 2.26. The molecule has 0 fully saturated rings. The summed E-state index contributed by atoms with van der Waals surface area (Å²) in [7, 11) is 0. The number of rotatable bonds is 4. The molecule has 1 N–H and O–H groups in total. The predicted octanol–water partition coefficient (Wildman–Crippen LogP) is 3.46. The van der Waals surface area contributed by atoms with Gasteiger partial charge < -0.3 is 9.73 Å². The highest BCUT2D eigenvalue weighted by atomic mass is 32.1. The first-order valence-corrected chi connectivity index (χ1v) is 7.23. The Morgan fingerprint density at radius 2 is 2.32 bits per heavy atom. The summed E-state index contributed by atoms with van der Waals surface area (Å²) in [5.74, 6) is 0.959. The number of furan rings is 1. The van der Waals surface area contributed by atoms with Gasteiger partial charge in [0.15, 0.2) is 4.96 Å². The molecular formula is C14H17N3OS. The van der Waals surface area contributed by atoms with E-state index in [4.69, 9.17) is 4.42 Å². The molecule has 0 aromatic carbocycles. The van der Waals surface area contributed by atoms with Crippen LogP contribution >= 0.6 is 11.3 Å². The van der Waals surface area contributed by atoms with Crippen LogP contribution in [-0.2, 0) is 6.54 Å². The van der Waals surface area contributed by atoms with Crippen LogP contribution in [0.15, 0.2) is 28.2 Å². The van der Waals surface area contributed by atoms with Crippen LogP contribution in [0.25, 0.3) is 4.96 Å². The second-order valence-electron chi connectivity index (χ2n) is 4.76. The van der Waals surface area contributed by atoms with Crippen molar-refractivity contribution in [2.75, 3.05) is 0 Å². The third-order valence-electron chi connectivity index (χ3n) is 3.38. The molecule has 0 unspecified atom stereocenters. The molecule has 19 heavy (non-hydrogen) atoms. The summed E-state index contributed by atoms with van der Waals surface area (Å²) < 4.78 is 7.63. The Balaban J connectivity index is 1.82. The summed E-state index contributed by atoms with van der Waals surface area (Å²) in [6, 6.07) is 4.10. The summed E-state index contributed by atoms with van der Waals surface area (Å²) in [5.41, 5.74) is 3.56. The van der Waals surface area contributed by atoms with Crippen LogP contribution in [0.1, 0.15) is 35.8 Å². The first-order chi connectivity index (χ1) is 9.16. The van der Waals surface area contributed by atoms with Gasteiger partial charge in [-0.05, 0) is 32.9 Å². The van der Waals surface area contributed by atoms with E-state index in [1.807, 2.05) is 12.1 Å². The molecule has 0 amide bonds. The number of aryl methyl sites for hydroxylation is 2. The lowest BCUT2D eigenvalue weighted by Crippen LogP contribution is -2.19. The number of nitrogens with one attached hydrogen (secondary N) is 1. The highest BCUT2D eigenvalue weighted by molar-refractivity contribution is 7.15. The first kappa shape index (κ1) is 12.4. The van der Waals surface area contributed by atoms with E-state index in [1.54, 1.807) is 17.6 Å². The molecule has 3 heterocycles. The number of hydrogen-bond donors (Lipinski definition) is 1. The van der Waals surface area contributed by atoms with E-state index in [0.29, 0.717) is 0 Å². The zero-order valence-electron chi connectivity index (χ0n) is 11.3. The van der Waals surface area contributed by atoms with Gasteiger partial charge in [-0.1, -0.05) is 0 Å². The first-order valence-electron chi connectivity index (χ1n) is 6.35. The van der Waals surface area contributed by atoms with Crippen molar-refractivity contribution in [3.8, 4) is 0 Å². The zero-order valence-corrected chi connectivity index (χ0v) is 12.1. The molecule has 0 saturated heterocycles. The molecular weight excluding hydrogens is 258 g/mol. The molecule has 4 nitrogen and oxygen atoms in total. The highest BCUT2D eigenvalue weighted by Crippen LogP contribution is 2.21. The molecule has 0 saturated carbocycles. The number of imidazole rings is 1. The van der Waals surface area contributed by atoms with Crippen LogP contribution in [0.3, 0.4) is 0 Å². The average molecular weight is 275 g/mol. The molecule has 0 aliphatic carbocycles. The highest BCUT2D eigenvalue weighted by Gasteiger charge is 2.14. The van der Waals surface area contributed by atoms with Crippen molar-refractivity contribution in [1.82, 2.24) is 14.7 Å². The van der Waals surface area contributed by atoms with Gasteiger partial charge >= 0.3 is 0 Å². The van der Waals surface area contributed by atoms with E-state index < -0.39 is 0 Å². The van der Waals surface area contributed by atoms with Gasteiger partial charge in [0.2, 0.25) is 0 Å².